The Labute approximate surface area is 126 Å². The molecular weight excluding hydrogens is 263 g/mol. The zero-order valence-corrected chi connectivity index (χ0v) is 14.4. The molecule has 4 heteroatoms. The largest absolute Gasteiger partial charge is 0.520 e. The van der Waals surface area contributed by atoms with Gasteiger partial charge in [0.2, 0.25) is 8.32 Å². The van der Waals surface area contributed by atoms with E-state index in [4.69, 9.17) is 9.16 Å². The van der Waals surface area contributed by atoms with E-state index in [-0.39, 0.29) is 8.41 Å². The van der Waals surface area contributed by atoms with E-state index in [1.165, 1.54) is 11.1 Å². The summed E-state index contributed by atoms with van der Waals surface area (Å²) in [4.78, 5) is 0. The van der Waals surface area contributed by atoms with Crippen LogP contribution in [-0.4, -0.2) is 16.7 Å². The molecule has 0 aliphatic rings. The summed E-state index contributed by atoms with van der Waals surface area (Å²) in [5.41, 5.74) is 2.43. The smallest absolute Gasteiger partial charge is 0.264 e. The van der Waals surface area contributed by atoms with Gasteiger partial charge in [0.1, 0.15) is 6.61 Å². The van der Waals surface area contributed by atoms with Crippen molar-refractivity contribution in [3.63, 3.8) is 0 Å². The Bertz CT molecular complexity index is 404. The van der Waals surface area contributed by atoms with Crippen LogP contribution in [0.4, 0.5) is 0 Å². The molecule has 20 heavy (non-hydrogen) atoms. The zero-order chi connectivity index (χ0) is 14.3. The maximum Gasteiger partial charge on any atom is 0.264 e. The second-order valence-electron chi connectivity index (χ2n) is 5.59. The lowest BCUT2D eigenvalue weighted by Crippen LogP contribution is -2.26. The van der Waals surface area contributed by atoms with Gasteiger partial charge >= 0.3 is 0 Å². The van der Waals surface area contributed by atoms with Gasteiger partial charge in [0.05, 0.1) is 0 Å². The van der Waals surface area contributed by atoms with Crippen LogP contribution in [0.25, 0.3) is 0 Å². The van der Waals surface area contributed by atoms with E-state index in [0.29, 0.717) is 6.61 Å². The van der Waals surface area contributed by atoms with E-state index in [2.05, 4.69) is 45.6 Å². The van der Waals surface area contributed by atoms with Gasteiger partial charge in [-0.15, -0.1) is 0 Å². The van der Waals surface area contributed by atoms with Crippen LogP contribution in [0.1, 0.15) is 32.3 Å². The molecule has 0 spiro atoms. The highest BCUT2D eigenvalue weighted by Gasteiger charge is 2.20. The van der Waals surface area contributed by atoms with Crippen molar-refractivity contribution in [3.8, 4) is 0 Å². The maximum atomic E-state index is 6.10. The van der Waals surface area contributed by atoms with Gasteiger partial charge in [0.25, 0.3) is 5.95 Å². The average molecular weight is 289 g/mol. The lowest BCUT2D eigenvalue weighted by molar-refractivity contribution is 0.0862. The third-order valence-corrected chi connectivity index (χ3v) is 3.55. The molecular formula is C16H26BO2Si. The van der Waals surface area contributed by atoms with Crippen molar-refractivity contribution in [1.82, 2.24) is 0 Å². The fourth-order valence-electron chi connectivity index (χ4n) is 1.74. The molecule has 1 aromatic carbocycles. The van der Waals surface area contributed by atoms with E-state index >= 15 is 0 Å². The number of hydrogen-bond donors (Lipinski definition) is 0. The highest BCUT2D eigenvalue weighted by Crippen LogP contribution is 2.21. The number of benzene rings is 1. The Morgan fingerprint density at radius 2 is 1.55 bits per heavy atom. The van der Waals surface area contributed by atoms with Crippen molar-refractivity contribution in [2.45, 2.75) is 52.9 Å². The molecule has 0 saturated heterocycles. The van der Waals surface area contributed by atoms with Crippen LogP contribution < -0.4 is 0 Å². The summed E-state index contributed by atoms with van der Waals surface area (Å²) >= 11 is 0. The molecule has 0 unspecified atom stereocenters. The lowest BCUT2D eigenvalue weighted by Gasteiger charge is -2.24. The summed E-state index contributed by atoms with van der Waals surface area (Å²) in [5, 5.41) is 0. The van der Waals surface area contributed by atoms with Crippen molar-refractivity contribution in [1.29, 1.82) is 0 Å². The van der Waals surface area contributed by atoms with Crippen molar-refractivity contribution in [2.24, 2.45) is 0 Å². The van der Waals surface area contributed by atoms with Crippen LogP contribution in [0.2, 0.25) is 19.6 Å². The first kappa shape index (κ1) is 18.8. The molecule has 0 fully saturated rings. The lowest BCUT2D eigenvalue weighted by atomic mass is 10.2. The molecule has 0 aliphatic heterocycles. The van der Waals surface area contributed by atoms with Crippen molar-refractivity contribution < 1.29 is 9.16 Å². The normalized spacial score (nSPS) is 10.4. The van der Waals surface area contributed by atoms with Crippen LogP contribution in [-0.2, 0) is 15.8 Å². The second-order valence-corrected chi connectivity index (χ2v) is 10.0. The van der Waals surface area contributed by atoms with Gasteiger partial charge < -0.3 is 9.16 Å². The van der Waals surface area contributed by atoms with Gasteiger partial charge in [-0.25, -0.2) is 0 Å². The fraction of sp³-hybridized carbons (Fsp3) is 0.500. The summed E-state index contributed by atoms with van der Waals surface area (Å²) in [6.45, 7) is 11.4. The van der Waals surface area contributed by atoms with E-state index < -0.39 is 8.32 Å². The molecule has 0 amide bonds. The first-order valence-electron chi connectivity index (χ1n) is 7.04. The van der Waals surface area contributed by atoms with Gasteiger partial charge in [0, 0.05) is 14.0 Å². The summed E-state index contributed by atoms with van der Waals surface area (Å²) in [5.74, 6) is 0.757. The van der Waals surface area contributed by atoms with Gasteiger partial charge in [-0.3, -0.25) is 0 Å². The van der Waals surface area contributed by atoms with E-state index in [1.807, 2.05) is 18.2 Å². The molecule has 0 heterocycles. The minimum atomic E-state index is -1.64. The second kappa shape index (κ2) is 8.90. The maximum absolute atomic E-state index is 6.10. The molecule has 2 nitrogen and oxygen atoms in total. The molecule has 3 radical (unpaired) electrons. The zero-order valence-electron chi connectivity index (χ0n) is 13.4. The number of allylic oxidation sites excluding steroid dienone is 1. The van der Waals surface area contributed by atoms with E-state index in [9.17, 15) is 0 Å². The highest BCUT2D eigenvalue weighted by atomic mass is 28.4. The Balaban J connectivity index is 0.00000361. The number of hydrogen-bond acceptors (Lipinski definition) is 2. The molecule has 0 bridgehead atoms. The monoisotopic (exact) mass is 289 g/mol. The average Bonchev–Trinajstić information content (AvgIpc) is 2.37. The van der Waals surface area contributed by atoms with Crippen molar-refractivity contribution in [3.05, 3.63) is 47.4 Å². The molecule has 0 aliphatic carbocycles. The molecule has 1 rings (SSSR count). The highest BCUT2D eigenvalue weighted by molar-refractivity contribution is 6.70. The predicted molar refractivity (Wildman–Crippen MR) is 89.0 cm³/mol. The van der Waals surface area contributed by atoms with Gasteiger partial charge in [-0.05, 0) is 38.0 Å². The minimum Gasteiger partial charge on any atom is -0.520 e. The Kier molecular flexibility index (Phi) is 8.39. The predicted octanol–water partition coefficient (Wildman–Crippen LogP) is 4.71. The Morgan fingerprint density at radius 1 is 1.00 bits per heavy atom. The first-order chi connectivity index (χ1) is 8.96. The van der Waals surface area contributed by atoms with Crippen LogP contribution in [0.3, 0.4) is 0 Å². The Hall–Kier alpha value is -1.16. The van der Waals surface area contributed by atoms with E-state index in [0.717, 1.165) is 18.8 Å². The van der Waals surface area contributed by atoms with Crippen molar-refractivity contribution in [2.75, 3.05) is 0 Å². The molecule has 0 saturated carbocycles. The molecule has 109 valence electrons. The van der Waals surface area contributed by atoms with Crippen LogP contribution in [0.15, 0.2) is 41.9 Å². The summed E-state index contributed by atoms with van der Waals surface area (Å²) in [6, 6.07) is 10.2. The van der Waals surface area contributed by atoms with Gasteiger partial charge in [0.15, 0.2) is 0 Å². The summed E-state index contributed by atoms with van der Waals surface area (Å²) in [7, 11) is -1.64. The topological polar surface area (TPSA) is 18.5 Å². The molecule has 1 aromatic rings. The van der Waals surface area contributed by atoms with Crippen LogP contribution in [0.5, 0.6) is 0 Å². The van der Waals surface area contributed by atoms with Crippen LogP contribution in [0, 0.1) is 0 Å². The Morgan fingerprint density at radius 3 is 2.00 bits per heavy atom. The summed E-state index contributed by atoms with van der Waals surface area (Å²) in [6.07, 6.45) is 1.95. The fourth-order valence-corrected chi connectivity index (χ4v) is 2.50. The number of ether oxygens (including phenoxy) is 1. The third-order valence-electron chi connectivity index (χ3n) is 2.75. The summed E-state index contributed by atoms with van der Waals surface area (Å²) < 4.78 is 12.0. The minimum absolute atomic E-state index is 0. The first-order valence-corrected chi connectivity index (χ1v) is 10.4. The SMILES string of the molecule is CCC(CC)=C(OCc1ccccc1)O[Si](C)(C)C.[B]. The van der Waals surface area contributed by atoms with E-state index in [1.54, 1.807) is 0 Å². The van der Waals surface area contributed by atoms with Gasteiger partial charge in [-0.1, -0.05) is 44.2 Å². The molecule has 0 N–H and O–H groups in total. The molecule has 0 atom stereocenters. The number of rotatable bonds is 7. The van der Waals surface area contributed by atoms with Crippen molar-refractivity contribution >= 4 is 16.7 Å². The standard InChI is InChI=1S/C16H26O2Si.B/c1-6-15(7-2)16(18-19(3,4)5)17-13-14-11-9-8-10-12-14;/h8-12H,6-7,13H2,1-5H3;. The molecule has 0 aromatic heterocycles. The van der Waals surface area contributed by atoms with Crippen LogP contribution >= 0.6 is 0 Å². The van der Waals surface area contributed by atoms with Gasteiger partial charge in [-0.2, -0.15) is 0 Å². The third kappa shape index (κ3) is 6.85. The quantitative estimate of drug-likeness (QED) is 0.535.